The summed E-state index contributed by atoms with van der Waals surface area (Å²) in [5, 5.41) is 7.49. The number of amides is 3. The standard InChI is InChI=1S/C11H18N4O3/c1-6-5-13-10(18-6)8(3)14-7(2)9(16)15-11(17)12-4/h5,7-8,14H,1-4H3,(H2,12,15,16,17). The topological polar surface area (TPSA) is 96.3 Å². The highest BCUT2D eigenvalue weighted by molar-refractivity contribution is 5.96. The molecule has 7 nitrogen and oxygen atoms in total. The highest BCUT2D eigenvalue weighted by Gasteiger charge is 2.20. The van der Waals surface area contributed by atoms with E-state index in [0.717, 1.165) is 0 Å². The smallest absolute Gasteiger partial charge is 0.321 e. The Morgan fingerprint density at radius 3 is 2.56 bits per heavy atom. The third-order valence-electron chi connectivity index (χ3n) is 2.37. The van der Waals surface area contributed by atoms with E-state index in [1.807, 2.05) is 6.92 Å². The van der Waals surface area contributed by atoms with Crippen LogP contribution < -0.4 is 16.0 Å². The lowest BCUT2D eigenvalue weighted by Gasteiger charge is -2.16. The summed E-state index contributed by atoms with van der Waals surface area (Å²) in [7, 11) is 1.44. The second-order valence-corrected chi connectivity index (χ2v) is 3.99. The summed E-state index contributed by atoms with van der Waals surface area (Å²) >= 11 is 0. The number of nitrogens with zero attached hydrogens (tertiary/aromatic N) is 1. The largest absolute Gasteiger partial charge is 0.444 e. The van der Waals surface area contributed by atoms with Gasteiger partial charge in [0.25, 0.3) is 0 Å². The number of imide groups is 1. The molecule has 0 radical (unpaired) electrons. The van der Waals surface area contributed by atoms with Crippen molar-refractivity contribution in [2.24, 2.45) is 0 Å². The SMILES string of the molecule is CNC(=O)NC(=O)C(C)NC(C)c1ncc(C)o1. The van der Waals surface area contributed by atoms with Crippen LogP contribution in [0.2, 0.25) is 0 Å². The van der Waals surface area contributed by atoms with Gasteiger partial charge in [-0.1, -0.05) is 0 Å². The monoisotopic (exact) mass is 254 g/mol. The minimum atomic E-state index is -0.537. The lowest BCUT2D eigenvalue weighted by Crippen LogP contribution is -2.47. The van der Waals surface area contributed by atoms with Crippen molar-refractivity contribution in [2.75, 3.05) is 7.05 Å². The molecule has 1 aromatic heterocycles. The van der Waals surface area contributed by atoms with E-state index >= 15 is 0 Å². The van der Waals surface area contributed by atoms with Crippen LogP contribution in [0.5, 0.6) is 0 Å². The normalized spacial score (nSPS) is 13.8. The minimum Gasteiger partial charge on any atom is -0.444 e. The number of aryl methyl sites for hydroxylation is 1. The lowest BCUT2D eigenvalue weighted by molar-refractivity contribution is -0.121. The molecule has 1 heterocycles. The zero-order valence-electron chi connectivity index (χ0n) is 10.9. The van der Waals surface area contributed by atoms with Crippen LogP contribution in [0.1, 0.15) is 31.5 Å². The number of hydrogen-bond donors (Lipinski definition) is 3. The van der Waals surface area contributed by atoms with Crippen molar-refractivity contribution in [1.82, 2.24) is 20.9 Å². The van der Waals surface area contributed by atoms with E-state index in [9.17, 15) is 9.59 Å². The van der Waals surface area contributed by atoms with Gasteiger partial charge in [-0.15, -0.1) is 0 Å². The lowest BCUT2D eigenvalue weighted by atomic mass is 10.2. The van der Waals surface area contributed by atoms with E-state index < -0.39 is 18.0 Å². The van der Waals surface area contributed by atoms with Crippen molar-refractivity contribution in [3.63, 3.8) is 0 Å². The average Bonchev–Trinajstić information content (AvgIpc) is 2.75. The fourth-order valence-electron chi connectivity index (χ4n) is 1.38. The number of carbonyl (C=O) groups excluding carboxylic acids is 2. The first-order chi connectivity index (χ1) is 8.43. The fraction of sp³-hybridized carbons (Fsp3) is 0.545. The second kappa shape index (κ2) is 6.15. The van der Waals surface area contributed by atoms with Crippen molar-refractivity contribution in [2.45, 2.75) is 32.9 Å². The maximum atomic E-state index is 11.6. The maximum Gasteiger partial charge on any atom is 0.321 e. The van der Waals surface area contributed by atoms with E-state index in [0.29, 0.717) is 11.7 Å². The van der Waals surface area contributed by atoms with Gasteiger partial charge in [0.05, 0.1) is 18.3 Å². The summed E-state index contributed by atoms with van der Waals surface area (Å²) < 4.78 is 5.34. The zero-order chi connectivity index (χ0) is 13.7. The van der Waals surface area contributed by atoms with Gasteiger partial charge in [-0.3, -0.25) is 15.4 Å². The summed E-state index contributed by atoms with van der Waals surface area (Å²) in [5.74, 6) is 0.803. The van der Waals surface area contributed by atoms with Crippen LogP contribution in [0, 0.1) is 6.92 Å². The first kappa shape index (κ1) is 14.2. The molecule has 0 aliphatic carbocycles. The van der Waals surface area contributed by atoms with Gasteiger partial charge in [0.1, 0.15) is 5.76 Å². The third-order valence-corrected chi connectivity index (χ3v) is 2.37. The van der Waals surface area contributed by atoms with Gasteiger partial charge in [-0.2, -0.15) is 0 Å². The molecule has 1 rings (SSSR count). The summed E-state index contributed by atoms with van der Waals surface area (Å²) in [5.41, 5.74) is 0. The Bertz CT molecular complexity index is 430. The van der Waals surface area contributed by atoms with Gasteiger partial charge in [0.2, 0.25) is 11.8 Å². The summed E-state index contributed by atoms with van der Waals surface area (Å²) in [6.07, 6.45) is 1.61. The first-order valence-corrected chi connectivity index (χ1v) is 5.65. The van der Waals surface area contributed by atoms with Crippen LogP contribution in [0.25, 0.3) is 0 Å². The summed E-state index contributed by atoms with van der Waals surface area (Å²) in [4.78, 5) is 26.6. The van der Waals surface area contributed by atoms with Gasteiger partial charge < -0.3 is 9.73 Å². The number of aromatic nitrogens is 1. The average molecular weight is 254 g/mol. The van der Waals surface area contributed by atoms with Crippen LogP contribution in [0.15, 0.2) is 10.6 Å². The molecule has 0 aliphatic heterocycles. The number of hydrogen-bond acceptors (Lipinski definition) is 5. The highest BCUT2D eigenvalue weighted by atomic mass is 16.4. The molecule has 0 spiro atoms. The number of nitrogens with one attached hydrogen (secondary N) is 3. The molecule has 0 saturated heterocycles. The van der Waals surface area contributed by atoms with Gasteiger partial charge >= 0.3 is 6.03 Å². The molecule has 7 heteroatoms. The van der Waals surface area contributed by atoms with Crippen LogP contribution >= 0.6 is 0 Å². The molecule has 2 unspecified atom stereocenters. The molecule has 0 aromatic carbocycles. The molecule has 18 heavy (non-hydrogen) atoms. The number of rotatable bonds is 4. The van der Waals surface area contributed by atoms with E-state index in [2.05, 4.69) is 20.9 Å². The van der Waals surface area contributed by atoms with Gasteiger partial charge in [0.15, 0.2) is 0 Å². The van der Waals surface area contributed by atoms with Crippen LogP contribution in [-0.2, 0) is 4.79 Å². The molecule has 0 saturated carbocycles. The summed E-state index contributed by atoms with van der Waals surface area (Å²) in [6, 6.07) is -1.29. The van der Waals surface area contributed by atoms with Crippen LogP contribution in [0.3, 0.4) is 0 Å². The Morgan fingerprint density at radius 2 is 2.06 bits per heavy atom. The van der Waals surface area contributed by atoms with E-state index in [4.69, 9.17) is 4.42 Å². The van der Waals surface area contributed by atoms with Crippen LogP contribution in [-0.4, -0.2) is 30.0 Å². The molecular formula is C11H18N4O3. The Morgan fingerprint density at radius 1 is 1.39 bits per heavy atom. The van der Waals surface area contributed by atoms with Crippen molar-refractivity contribution < 1.29 is 14.0 Å². The molecule has 0 bridgehead atoms. The van der Waals surface area contributed by atoms with Crippen molar-refractivity contribution in [3.8, 4) is 0 Å². The van der Waals surface area contributed by atoms with Crippen molar-refractivity contribution in [3.05, 3.63) is 17.8 Å². The molecule has 2 atom stereocenters. The molecule has 100 valence electrons. The Balaban J connectivity index is 2.51. The maximum absolute atomic E-state index is 11.6. The van der Waals surface area contributed by atoms with Gasteiger partial charge in [-0.25, -0.2) is 9.78 Å². The van der Waals surface area contributed by atoms with E-state index in [-0.39, 0.29) is 6.04 Å². The molecule has 0 fully saturated rings. The molecule has 3 amide bonds. The van der Waals surface area contributed by atoms with Crippen LogP contribution in [0.4, 0.5) is 4.79 Å². The number of carbonyl (C=O) groups is 2. The first-order valence-electron chi connectivity index (χ1n) is 5.65. The van der Waals surface area contributed by atoms with Crippen molar-refractivity contribution >= 4 is 11.9 Å². The van der Waals surface area contributed by atoms with Gasteiger partial charge in [0, 0.05) is 7.05 Å². The molecular weight excluding hydrogens is 236 g/mol. The second-order valence-electron chi connectivity index (χ2n) is 3.99. The third kappa shape index (κ3) is 3.85. The quantitative estimate of drug-likeness (QED) is 0.726. The molecule has 1 aromatic rings. The molecule has 3 N–H and O–H groups in total. The fourth-order valence-corrected chi connectivity index (χ4v) is 1.38. The number of oxazole rings is 1. The minimum absolute atomic E-state index is 0.218. The van der Waals surface area contributed by atoms with Crippen molar-refractivity contribution in [1.29, 1.82) is 0 Å². The highest BCUT2D eigenvalue weighted by Crippen LogP contribution is 2.12. The predicted octanol–water partition coefficient (Wildman–Crippen LogP) is 0.478. The Kier molecular flexibility index (Phi) is 4.85. The summed E-state index contributed by atoms with van der Waals surface area (Å²) in [6.45, 7) is 5.28. The Hall–Kier alpha value is -1.89. The zero-order valence-corrected chi connectivity index (χ0v) is 10.9. The number of urea groups is 1. The molecule has 0 aliphatic rings. The van der Waals surface area contributed by atoms with E-state index in [1.54, 1.807) is 20.0 Å². The van der Waals surface area contributed by atoms with Gasteiger partial charge in [-0.05, 0) is 20.8 Å². The Labute approximate surface area is 105 Å². The predicted molar refractivity (Wildman–Crippen MR) is 64.9 cm³/mol. The van der Waals surface area contributed by atoms with E-state index in [1.165, 1.54) is 7.05 Å².